The molecule has 0 aliphatic heterocycles. The van der Waals surface area contributed by atoms with Crippen molar-refractivity contribution >= 4 is 11.7 Å². The van der Waals surface area contributed by atoms with Crippen molar-refractivity contribution in [2.75, 3.05) is 14.2 Å². The summed E-state index contributed by atoms with van der Waals surface area (Å²) in [6, 6.07) is 8.46. The van der Waals surface area contributed by atoms with E-state index in [1.165, 1.54) is 17.7 Å². The van der Waals surface area contributed by atoms with E-state index in [4.69, 9.17) is 4.74 Å². The van der Waals surface area contributed by atoms with Gasteiger partial charge in [0.25, 0.3) is 11.5 Å². The van der Waals surface area contributed by atoms with Gasteiger partial charge in [-0.2, -0.15) is 0 Å². The van der Waals surface area contributed by atoms with Gasteiger partial charge in [-0.3, -0.25) is 14.4 Å². The summed E-state index contributed by atoms with van der Waals surface area (Å²) in [4.78, 5) is 38.0. The molecular formula is C22H26N2O4. The van der Waals surface area contributed by atoms with E-state index in [2.05, 4.69) is 12.2 Å². The minimum absolute atomic E-state index is 0.0214. The Bertz CT molecular complexity index is 963. The van der Waals surface area contributed by atoms with Crippen LogP contribution >= 0.6 is 0 Å². The number of nitrogens with zero attached hydrogens (tertiary/aromatic N) is 1. The van der Waals surface area contributed by atoms with Crippen LogP contribution < -0.4 is 15.6 Å². The fraction of sp³-hybridized carbons (Fsp3) is 0.409. The average molecular weight is 382 g/mol. The molecule has 1 heterocycles. The number of amides is 1. The van der Waals surface area contributed by atoms with E-state index in [9.17, 15) is 14.4 Å². The summed E-state index contributed by atoms with van der Waals surface area (Å²) in [5, 5.41) is 2.49. The zero-order valence-corrected chi connectivity index (χ0v) is 16.7. The lowest BCUT2D eigenvalue weighted by Crippen LogP contribution is -2.33. The van der Waals surface area contributed by atoms with Gasteiger partial charge in [0.15, 0.2) is 5.78 Å². The number of methoxy groups -OCH3 is 1. The van der Waals surface area contributed by atoms with Gasteiger partial charge < -0.3 is 14.6 Å². The van der Waals surface area contributed by atoms with Gasteiger partial charge in [0.05, 0.1) is 13.2 Å². The number of benzene rings is 1. The molecule has 0 unspecified atom stereocenters. The van der Waals surface area contributed by atoms with Gasteiger partial charge in [0.1, 0.15) is 11.3 Å². The van der Waals surface area contributed by atoms with Crippen LogP contribution in [0.3, 0.4) is 0 Å². The predicted molar refractivity (Wildman–Crippen MR) is 107 cm³/mol. The monoisotopic (exact) mass is 382 g/mol. The molecule has 1 aromatic carbocycles. The predicted octanol–water partition coefficient (Wildman–Crippen LogP) is 3.05. The molecule has 0 saturated heterocycles. The Morgan fingerprint density at radius 2 is 2.04 bits per heavy atom. The first-order valence-corrected chi connectivity index (χ1v) is 9.51. The lowest BCUT2D eigenvalue weighted by molar-refractivity contribution is 0.0961. The van der Waals surface area contributed by atoms with Crippen LogP contribution in [0.15, 0.2) is 41.3 Å². The number of hydrogen-bond acceptors (Lipinski definition) is 4. The minimum Gasteiger partial charge on any atom is -0.497 e. The molecule has 1 aliphatic carbocycles. The van der Waals surface area contributed by atoms with Crippen LogP contribution in [0.2, 0.25) is 0 Å². The number of pyridine rings is 1. The number of carbonyl (C=O) groups is 2. The molecule has 1 aromatic heterocycles. The molecule has 148 valence electrons. The maximum Gasteiger partial charge on any atom is 0.263 e. The second-order valence-corrected chi connectivity index (χ2v) is 7.49. The molecule has 0 spiro atoms. The zero-order chi connectivity index (χ0) is 20.4. The van der Waals surface area contributed by atoms with Gasteiger partial charge in [-0.05, 0) is 48.9 Å². The zero-order valence-electron chi connectivity index (χ0n) is 16.7. The standard InChI is InChI=1S/C22H26N2O4/c1-13-8-16(13)11-20(25)17-10-19(21(26)23-3)22(27)24(12-17)14(2)15-6-5-7-18(9-15)28-4/h5-7,9-10,12-14,16H,8,11H2,1-4H3,(H,23,26)/t13-,14+,16+/m0/s1. The highest BCUT2D eigenvalue weighted by Crippen LogP contribution is 2.41. The first-order chi connectivity index (χ1) is 13.3. The number of ketones is 1. The molecule has 1 amide bonds. The first kappa shape index (κ1) is 19.9. The topological polar surface area (TPSA) is 77.4 Å². The average Bonchev–Trinajstić information content (AvgIpc) is 3.41. The van der Waals surface area contributed by atoms with Crippen LogP contribution in [0, 0.1) is 11.8 Å². The van der Waals surface area contributed by atoms with E-state index in [1.54, 1.807) is 13.3 Å². The quantitative estimate of drug-likeness (QED) is 0.747. The van der Waals surface area contributed by atoms with Gasteiger partial charge in [-0.25, -0.2) is 0 Å². The Kier molecular flexibility index (Phi) is 5.68. The van der Waals surface area contributed by atoms with Crippen molar-refractivity contribution in [1.82, 2.24) is 9.88 Å². The maximum absolute atomic E-state index is 13.0. The number of Topliss-reactive ketones (excluding diaryl/α,β-unsaturated/α-hetero) is 1. The maximum atomic E-state index is 13.0. The Balaban J connectivity index is 2.05. The molecule has 1 N–H and O–H groups in total. The molecule has 6 nitrogen and oxygen atoms in total. The smallest absolute Gasteiger partial charge is 0.263 e. The minimum atomic E-state index is -0.494. The Hall–Kier alpha value is -2.89. The molecule has 0 radical (unpaired) electrons. The van der Waals surface area contributed by atoms with Crippen molar-refractivity contribution in [2.24, 2.45) is 11.8 Å². The van der Waals surface area contributed by atoms with Gasteiger partial charge in [-0.1, -0.05) is 19.1 Å². The Morgan fingerprint density at radius 3 is 2.64 bits per heavy atom. The second kappa shape index (κ2) is 8.00. The summed E-state index contributed by atoms with van der Waals surface area (Å²) in [5.74, 6) is 1.10. The highest BCUT2D eigenvalue weighted by atomic mass is 16.5. The molecule has 1 saturated carbocycles. The van der Waals surface area contributed by atoms with Crippen molar-refractivity contribution in [3.05, 3.63) is 63.6 Å². The Morgan fingerprint density at radius 1 is 1.32 bits per heavy atom. The van der Waals surface area contributed by atoms with E-state index in [0.717, 1.165) is 12.0 Å². The number of hydrogen-bond donors (Lipinski definition) is 1. The molecule has 0 bridgehead atoms. The van der Waals surface area contributed by atoms with E-state index in [-0.39, 0.29) is 17.4 Å². The summed E-state index contributed by atoms with van der Waals surface area (Å²) in [6.07, 6.45) is 3.07. The van der Waals surface area contributed by atoms with Crippen molar-refractivity contribution in [3.8, 4) is 5.75 Å². The highest BCUT2D eigenvalue weighted by Gasteiger charge is 2.34. The summed E-state index contributed by atoms with van der Waals surface area (Å²) < 4.78 is 6.73. The van der Waals surface area contributed by atoms with Crippen LogP contribution in [0.25, 0.3) is 0 Å². The molecule has 1 fully saturated rings. The summed E-state index contributed by atoms with van der Waals surface area (Å²) in [6.45, 7) is 3.99. The number of carbonyl (C=O) groups excluding carboxylic acids is 2. The number of aromatic nitrogens is 1. The second-order valence-electron chi connectivity index (χ2n) is 7.49. The molecule has 3 atom stereocenters. The van der Waals surface area contributed by atoms with Gasteiger partial charge in [0.2, 0.25) is 0 Å². The Labute approximate surface area is 164 Å². The fourth-order valence-corrected chi connectivity index (χ4v) is 3.44. The number of rotatable bonds is 7. The van der Waals surface area contributed by atoms with Crippen LogP contribution in [0.1, 0.15) is 59.0 Å². The van der Waals surface area contributed by atoms with Crippen molar-refractivity contribution < 1.29 is 14.3 Å². The SMILES string of the molecule is CNC(=O)c1cc(C(=O)C[C@H]2C[C@@H]2C)cn([C@H](C)c2cccc(OC)c2)c1=O. The van der Waals surface area contributed by atoms with Gasteiger partial charge in [-0.15, -0.1) is 0 Å². The molecule has 28 heavy (non-hydrogen) atoms. The third kappa shape index (κ3) is 4.01. The van der Waals surface area contributed by atoms with E-state index < -0.39 is 11.5 Å². The molecule has 3 rings (SSSR count). The highest BCUT2D eigenvalue weighted by molar-refractivity contribution is 6.00. The summed E-state index contributed by atoms with van der Waals surface area (Å²) in [5.41, 5.74) is 0.801. The van der Waals surface area contributed by atoms with Crippen LogP contribution in [0.5, 0.6) is 5.75 Å². The van der Waals surface area contributed by atoms with Crippen LogP contribution in [-0.2, 0) is 0 Å². The number of nitrogens with one attached hydrogen (secondary N) is 1. The molecule has 1 aliphatic rings. The van der Waals surface area contributed by atoms with E-state index >= 15 is 0 Å². The van der Waals surface area contributed by atoms with Crippen LogP contribution in [-0.4, -0.2) is 30.4 Å². The van der Waals surface area contributed by atoms with E-state index in [0.29, 0.717) is 29.6 Å². The molecular weight excluding hydrogens is 356 g/mol. The molecule has 2 aromatic rings. The van der Waals surface area contributed by atoms with Gasteiger partial charge in [0, 0.05) is 25.2 Å². The number of ether oxygens (including phenoxy) is 1. The van der Waals surface area contributed by atoms with Crippen molar-refractivity contribution in [3.63, 3.8) is 0 Å². The normalized spacial score (nSPS) is 19.0. The fourth-order valence-electron chi connectivity index (χ4n) is 3.44. The molecule has 6 heteroatoms. The summed E-state index contributed by atoms with van der Waals surface area (Å²) in [7, 11) is 3.05. The summed E-state index contributed by atoms with van der Waals surface area (Å²) >= 11 is 0. The third-order valence-electron chi connectivity index (χ3n) is 5.55. The van der Waals surface area contributed by atoms with Crippen molar-refractivity contribution in [2.45, 2.75) is 32.7 Å². The van der Waals surface area contributed by atoms with Crippen LogP contribution in [0.4, 0.5) is 0 Å². The van der Waals surface area contributed by atoms with Crippen molar-refractivity contribution in [1.29, 1.82) is 0 Å². The van der Waals surface area contributed by atoms with Gasteiger partial charge >= 0.3 is 0 Å². The first-order valence-electron chi connectivity index (χ1n) is 9.51. The largest absolute Gasteiger partial charge is 0.497 e. The lowest BCUT2D eigenvalue weighted by atomic mass is 10.0. The third-order valence-corrected chi connectivity index (χ3v) is 5.55. The lowest BCUT2D eigenvalue weighted by Gasteiger charge is -2.18. The van der Waals surface area contributed by atoms with E-state index in [1.807, 2.05) is 31.2 Å².